The fourth-order valence-corrected chi connectivity index (χ4v) is 1.38. The number of aryl methyl sites for hydroxylation is 1. The molecule has 0 fully saturated rings. The molecule has 2 rings (SSSR count). The summed E-state index contributed by atoms with van der Waals surface area (Å²) >= 11 is 0. The molecule has 1 aromatic carbocycles. The van der Waals surface area contributed by atoms with Crippen LogP contribution in [0, 0.1) is 6.92 Å². The molecule has 0 unspecified atom stereocenters. The second kappa shape index (κ2) is 5.27. The second-order valence-electron chi connectivity index (χ2n) is 3.62. The van der Waals surface area contributed by atoms with Crippen molar-refractivity contribution in [3.63, 3.8) is 0 Å². The topological polar surface area (TPSA) is 61.3 Å². The van der Waals surface area contributed by atoms with E-state index in [-0.39, 0.29) is 5.97 Å². The van der Waals surface area contributed by atoms with Crippen LogP contribution < -0.4 is 4.74 Å². The Labute approximate surface area is 104 Å². The Morgan fingerprint density at radius 1 is 1.17 bits per heavy atom. The van der Waals surface area contributed by atoms with Crippen LogP contribution in [0.3, 0.4) is 0 Å². The van der Waals surface area contributed by atoms with Crippen LogP contribution in [0.4, 0.5) is 0 Å². The number of rotatable bonds is 3. The van der Waals surface area contributed by atoms with Gasteiger partial charge in [-0.25, -0.2) is 14.8 Å². The zero-order chi connectivity index (χ0) is 13.0. The van der Waals surface area contributed by atoms with Crippen LogP contribution in [0.1, 0.15) is 16.1 Å². The van der Waals surface area contributed by atoms with Crippen molar-refractivity contribution in [2.45, 2.75) is 6.92 Å². The predicted octanol–water partition coefficient (Wildman–Crippen LogP) is 2.36. The predicted molar refractivity (Wildman–Crippen MR) is 64.6 cm³/mol. The summed E-state index contributed by atoms with van der Waals surface area (Å²) in [5, 5.41) is 0. The molecule has 5 heteroatoms. The number of esters is 1. The van der Waals surface area contributed by atoms with Gasteiger partial charge in [0.05, 0.1) is 12.7 Å². The third-order valence-corrected chi connectivity index (χ3v) is 2.28. The molecule has 0 aliphatic carbocycles. The zero-order valence-electron chi connectivity index (χ0n) is 10.1. The van der Waals surface area contributed by atoms with Crippen molar-refractivity contribution >= 4 is 5.97 Å². The van der Waals surface area contributed by atoms with Crippen molar-refractivity contribution in [3.05, 3.63) is 47.9 Å². The van der Waals surface area contributed by atoms with E-state index in [0.29, 0.717) is 17.2 Å². The van der Waals surface area contributed by atoms with Crippen LogP contribution in [-0.4, -0.2) is 23.0 Å². The molecule has 0 aliphatic rings. The fraction of sp³-hybridized carbons (Fsp3) is 0.154. The number of hydrogen-bond acceptors (Lipinski definition) is 5. The third-order valence-electron chi connectivity index (χ3n) is 2.28. The molecule has 92 valence electrons. The van der Waals surface area contributed by atoms with Crippen LogP contribution in [0.25, 0.3) is 0 Å². The maximum absolute atomic E-state index is 11.2. The molecule has 0 spiro atoms. The maximum Gasteiger partial charge on any atom is 0.337 e. The average Bonchev–Trinajstić information content (AvgIpc) is 2.39. The van der Waals surface area contributed by atoms with E-state index >= 15 is 0 Å². The molecule has 5 nitrogen and oxygen atoms in total. The Balaban J connectivity index is 2.13. The number of benzene rings is 1. The minimum Gasteiger partial charge on any atom is -0.465 e. The van der Waals surface area contributed by atoms with Crippen molar-refractivity contribution in [1.29, 1.82) is 0 Å². The number of nitrogens with zero attached hydrogens (tertiary/aromatic N) is 2. The van der Waals surface area contributed by atoms with E-state index in [2.05, 4.69) is 14.7 Å². The monoisotopic (exact) mass is 244 g/mol. The van der Waals surface area contributed by atoms with Gasteiger partial charge in [0.1, 0.15) is 12.1 Å². The van der Waals surface area contributed by atoms with Crippen molar-refractivity contribution < 1.29 is 14.3 Å². The van der Waals surface area contributed by atoms with Crippen molar-refractivity contribution in [2.24, 2.45) is 0 Å². The average molecular weight is 244 g/mol. The van der Waals surface area contributed by atoms with E-state index in [0.717, 1.165) is 5.69 Å². The summed E-state index contributed by atoms with van der Waals surface area (Å²) in [6.07, 6.45) is 1.44. The van der Waals surface area contributed by atoms with Gasteiger partial charge in [0, 0.05) is 11.8 Å². The third kappa shape index (κ3) is 2.82. The van der Waals surface area contributed by atoms with Gasteiger partial charge in [0.2, 0.25) is 5.88 Å². The highest BCUT2D eigenvalue weighted by atomic mass is 16.5. The van der Waals surface area contributed by atoms with Gasteiger partial charge in [0.15, 0.2) is 0 Å². The minimum absolute atomic E-state index is 0.376. The lowest BCUT2D eigenvalue weighted by Crippen LogP contribution is -2.00. The summed E-state index contributed by atoms with van der Waals surface area (Å²) in [7, 11) is 1.34. The smallest absolute Gasteiger partial charge is 0.337 e. The number of hydrogen-bond donors (Lipinski definition) is 0. The van der Waals surface area contributed by atoms with Gasteiger partial charge in [-0.1, -0.05) is 0 Å². The van der Waals surface area contributed by atoms with Crippen LogP contribution >= 0.6 is 0 Å². The molecule has 0 N–H and O–H groups in total. The van der Waals surface area contributed by atoms with Gasteiger partial charge in [-0.3, -0.25) is 0 Å². The summed E-state index contributed by atoms with van der Waals surface area (Å²) in [6, 6.07) is 8.37. The maximum atomic E-state index is 11.2. The molecule has 0 bridgehead atoms. The van der Waals surface area contributed by atoms with E-state index in [1.54, 1.807) is 30.3 Å². The van der Waals surface area contributed by atoms with E-state index in [1.165, 1.54) is 13.4 Å². The summed E-state index contributed by atoms with van der Waals surface area (Å²) in [4.78, 5) is 19.2. The van der Waals surface area contributed by atoms with Gasteiger partial charge in [-0.2, -0.15) is 0 Å². The van der Waals surface area contributed by atoms with E-state index in [9.17, 15) is 4.79 Å². The first kappa shape index (κ1) is 12.0. The highest BCUT2D eigenvalue weighted by Crippen LogP contribution is 2.19. The lowest BCUT2D eigenvalue weighted by atomic mass is 10.2. The van der Waals surface area contributed by atoms with Gasteiger partial charge in [0.25, 0.3) is 0 Å². The van der Waals surface area contributed by atoms with E-state index in [1.807, 2.05) is 6.92 Å². The van der Waals surface area contributed by atoms with Crippen LogP contribution in [0.5, 0.6) is 11.6 Å². The lowest BCUT2D eigenvalue weighted by Gasteiger charge is -2.05. The Kier molecular flexibility index (Phi) is 3.52. The minimum atomic E-state index is -0.376. The van der Waals surface area contributed by atoms with Gasteiger partial charge in [-0.05, 0) is 31.2 Å². The molecule has 18 heavy (non-hydrogen) atoms. The number of methoxy groups -OCH3 is 1. The Morgan fingerprint density at radius 3 is 2.50 bits per heavy atom. The van der Waals surface area contributed by atoms with E-state index in [4.69, 9.17) is 4.74 Å². The number of carbonyl (C=O) groups excluding carboxylic acids is 1. The van der Waals surface area contributed by atoms with Crippen LogP contribution in [-0.2, 0) is 4.74 Å². The molecule has 0 amide bonds. The second-order valence-corrected chi connectivity index (χ2v) is 3.62. The molecule has 0 atom stereocenters. The molecule has 1 aromatic heterocycles. The Morgan fingerprint density at radius 2 is 1.89 bits per heavy atom. The quantitative estimate of drug-likeness (QED) is 0.775. The Bertz CT molecular complexity index is 552. The summed E-state index contributed by atoms with van der Waals surface area (Å²) in [5.41, 5.74) is 1.30. The first-order valence-electron chi connectivity index (χ1n) is 5.34. The van der Waals surface area contributed by atoms with Crippen molar-refractivity contribution in [3.8, 4) is 11.6 Å². The van der Waals surface area contributed by atoms with Gasteiger partial charge in [-0.15, -0.1) is 0 Å². The molecule has 0 saturated carbocycles. The standard InChI is InChI=1S/C13H12N2O3/c1-9-7-12(15-8-14-9)18-11-5-3-10(4-6-11)13(16)17-2/h3-8H,1-2H3. The summed E-state index contributed by atoms with van der Waals surface area (Å²) < 4.78 is 10.1. The van der Waals surface area contributed by atoms with Crippen LogP contribution in [0.2, 0.25) is 0 Å². The molecule has 1 heterocycles. The molecular weight excluding hydrogens is 232 g/mol. The normalized spacial score (nSPS) is 9.89. The molecular formula is C13H12N2O3. The molecule has 0 aliphatic heterocycles. The lowest BCUT2D eigenvalue weighted by molar-refractivity contribution is 0.0600. The van der Waals surface area contributed by atoms with E-state index < -0.39 is 0 Å². The first-order chi connectivity index (χ1) is 8.69. The van der Waals surface area contributed by atoms with Crippen LogP contribution in [0.15, 0.2) is 36.7 Å². The highest BCUT2D eigenvalue weighted by Gasteiger charge is 2.05. The number of carbonyl (C=O) groups is 1. The molecule has 2 aromatic rings. The first-order valence-corrected chi connectivity index (χ1v) is 5.34. The largest absolute Gasteiger partial charge is 0.465 e. The molecule has 0 saturated heterocycles. The van der Waals surface area contributed by atoms with Crippen molar-refractivity contribution in [2.75, 3.05) is 7.11 Å². The highest BCUT2D eigenvalue weighted by molar-refractivity contribution is 5.89. The number of aromatic nitrogens is 2. The SMILES string of the molecule is COC(=O)c1ccc(Oc2cc(C)ncn2)cc1. The van der Waals surface area contributed by atoms with Gasteiger partial charge >= 0.3 is 5.97 Å². The molecule has 0 radical (unpaired) electrons. The van der Waals surface area contributed by atoms with Gasteiger partial charge < -0.3 is 9.47 Å². The Hall–Kier alpha value is -2.43. The van der Waals surface area contributed by atoms with Crippen molar-refractivity contribution in [1.82, 2.24) is 9.97 Å². The fourth-order valence-electron chi connectivity index (χ4n) is 1.38. The zero-order valence-corrected chi connectivity index (χ0v) is 10.1. The number of ether oxygens (including phenoxy) is 2. The summed E-state index contributed by atoms with van der Waals surface area (Å²) in [6.45, 7) is 1.86. The summed E-state index contributed by atoms with van der Waals surface area (Å²) in [5.74, 6) is 0.688.